The molecule has 2 aliphatic rings. The summed E-state index contributed by atoms with van der Waals surface area (Å²) in [6, 6.07) is 11.4. The largest absolute Gasteiger partial charge is 0.299 e. The lowest BCUT2D eigenvalue weighted by atomic mass is 9.69. The SMILES string of the molecule is O=C(NNc1cccc(Cl)c1)C1CCC2(C=Cc3cccnc32)CC1. The number of pyridine rings is 1. The van der Waals surface area contributed by atoms with Crippen LogP contribution in [0.25, 0.3) is 6.08 Å². The summed E-state index contributed by atoms with van der Waals surface area (Å²) in [6.07, 6.45) is 9.96. The predicted octanol–water partition coefficient (Wildman–Crippen LogP) is 4.33. The first kappa shape index (κ1) is 16.2. The summed E-state index contributed by atoms with van der Waals surface area (Å²) in [5.74, 6) is 0.0662. The molecular formula is C20H20ClN3O. The molecule has 1 spiro atoms. The van der Waals surface area contributed by atoms with Gasteiger partial charge in [-0.1, -0.05) is 35.9 Å². The number of rotatable bonds is 3. The van der Waals surface area contributed by atoms with Gasteiger partial charge >= 0.3 is 0 Å². The number of fused-ring (bicyclic) bond motifs is 2. The maximum Gasteiger partial charge on any atom is 0.241 e. The maximum atomic E-state index is 12.5. The molecule has 0 saturated heterocycles. The van der Waals surface area contributed by atoms with E-state index in [2.05, 4.69) is 34.1 Å². The highest BCUT2D eigenvalue weighted by atomic mass is 35.5. The standard InChI is InChI=1S/C20H20ClN3O/c21-16-4-1-5-17(13-16)23-24-19(25)15-7-10-20(11-8-15)9-6-14-3-2-12-22-18(14)20/h1-6,9,12-13,15,23H,7-8,10-11H2,(H,24,25). The average Bonchev–Trinajstić information content (AvgIpc) is 2.99. The van der Waals surface area contributed by atoms with Crippen LogP contribution >= 0.6 is 11.6 Å². The van der Waals surface area contributed by atoms with Crippen molar-refractivity contribution in [1.29, 1.82) is 0 Å². The number of hydrazine groups is 1. The zero-order chi connectivity index (χ0) is 17.3. The molecule has 0 radical (unpaired) electrons. The molecule has 1 heterocycles. The second-order valence-electron chi connectivity index (χ2n) is 6.83. The van der Waals surface area contributed by atoms with Crippen LogP contribution in [0.15, 0.2) is 48.7 Å². The third kappa shape index (κ3) is 3.14. The summed E-state index contributed by atoms with van der Waals surface area (Å²) in [6.45, 7) is 0. The van der Waals surface area contributed by atoms with Crippen molar-refractivity contribution in [2.75, 3.05) is 5.43 Å². The van der Waals surface area contributed by atoms with Crippen LogP contribution in [0.1, 0.15) is 36.9 Å². The van der Waals surface area contributed by atoms with Gasteiger partial charge in [-0.2, -0.15) is 0 Å². The molecule has 2 aliphatic carbocycles. The number of amides is 1. The fourth-order valence-corrected chi connectivity index (χ4v) is 4.09. The Kier molecular flexibility index (Phi) is 4.22. The first-order valence-electron chi connectivity index (χ1n) is 8.62. The number of halogens is 1. The zero-order valence-electron chi connectivity index (χ0n) is 13.8. The lowest BCUT2D eigenvalue weighted by Gasteiger charge is -2.35. The monoisotopic (exact) mass is 353 g/mol. The molecular weight excluding hydrogens is 334 g/mol. The molecule has 0 unspecified atom stereocenters. The van der Waals surface area contributed by atoms with Crippen molar-refractivity contribution in [2.45, 2.75) is 31.1 Å². The van der Waals surface area contributed by atoms with Crippen LogP contribution in [0.5, 0.6) is 0 Å². The normalized spacial score (nSPS) is 24.1. The van der Waals surface area contributed by atoms with Gasteiger partial charge in [0.1, 0.15) is 0 Å². The maximum absolute atomic E-state index is 12.5. The van der Waals surface area contributed by atoms with Gasteiger partial charge in [-0.3, -0.25) is 20.6 Å². The predicted molar refractivity (Wildman–Crippen MR) is 100 cm³/mol. The van der Waals surface area contributed by atoms with E-state index in [1.165, 1.54) is 11.3 Å². The number of carbonyl (C=O) groups is 1. The minimum atomic E-state index is 0.0216. The Balaban J connectivity index is 1.36. The molecule has 0 aliphatic heterocycles. The van der Waals surface area contributed by atoms with E-state index in [9.17, 15) is 4.79 Å². The highest BCUT2D eigenvalue weighted by Crippen LogP contribution is 2.46. The van der Waals surface area contributed by atoms with E-state index >= 15 is 0 Å². The molecule has 2 N–H and O–H groups in total. The van der Waals surface area contributed by atoms with Gasteiger partial charge in [0, 0.05) is 22.6 Å². The Morgan fingerprint density at radius 1 is 1.20 bits per heavy atom. The van der Waals surface area contributed by atoms with E-state index in [0.717, 1.165) is 31.4 Å². The minimum absolute atomic E-state index is 0.0216. The Bertz CT molecular complexity index is 825. The molecule has 1 saturated carbocycles. The Labute approximate surface area is 152 Å². The second-order valence-corrected chi connectivity index (χ2v) is 7.27. The number of nitrogens with zero attached hydrogens (tertiary/aromatic N) is 1. The van der Waals surface area contributed by atoms with Gasteiger partial charge in [-0.15, -0.1) is 0 Å². The average molecular weight is 354 g/mol. The highest BCUT2D eigenvalue weighted by Gasteiger charge is 2.41. The Morgan fingerprint density at radius 3 is 2.84 bits per heavy atom. The van der Waals surface area contributed by atoms with Crippen LogP contribution in [-0.2, 0) is 10.2 Å². The number of hydrogen-bond donors (Lipinski definition) is 2. The molecule has 128 valence electrons. The lowest BCUT2D eigenvalue weighted by molar-refractivity contribution is -0.125. The Hall–Kier alpha value is -2.33. The number of hydrogen-bond acceptors (Lipinski definition) is 3. The van der Waals surface area contributed by atoms with Crippen molar-refractivity contribution < 1.29 is 4.79 Å². The fraction of sp³-hybridized carbons (Fsp3) is 0.300. The fourth-order valence-electron chi connectivity index (χ4n) is 3.90. The third-order valence-corrected chi connectivity index (χ3v) is 5.53. The molecule has 1 aromatic carbocycles. The van der Waals surface area contributed by atoms with E-state index in [-0.39, 0.29) is 17.2 Å². The quantitative estimate of drug-likeness (QED) is 0.807. The smallest absolute Gasteiger partial charge is 0.241 e. The van der Waals surface area contributed by atoms with Crippen molar-refractivity contribution in [1.82, 2.24) is 10.4 Å². The molecule has 25 heavy (non-hydrogen) atoms. The van der Waals surface area contributed by atoms with Gasteiger partial charge < -0.3 is 0 Å². The zero-order valence-corrected chi connectivity index (χ0v) is 14.6. The number of aromatic nitrogens is 1. The number of carbonyl (C=O) groups excluding carboxylic acids is 1. The lowest BCUT2D eigenvalue weighted by Crippen LogP contribution is -2.39. The summed E-state index contributed by atoms with van der Waals surface area (Å²) in [5, 5.41) is 0.637. The van der Waals surface area contributed by atoms with Crippen LogP contribution in [-0.4, -0.2) is 10.9 Å². The molecule has 1 aromatic heterocycles. The first-order valence-corrected chi connectivity index (χ1v) is 9.00. The van der Waals surface area contributed by atoms with Crippen molar-refractivity contribution in [3.8, 4) is 0 Å². The van der Waals surface area contributed by atoms with Gasteiger partial charge in [-0.05, 0) is 55.5 Å². The van der Waals surface area contributed by atoms with Crippen molar-refractivity contribution in [2.24, 2.45) is 5.92 Å². The number of anilines is 1. The third-order valence-electron chi connectivity index (χ3n) is 5.30. The van der Waals surface area contributed by atoms with E-state index in [1.54, 1.807) is 12.1 Å². The van der Waals surface area contributed by atoms with Gasteiger partial charge in [-0.25, -0.2) is 0 Å². The van der Waals surface area contributed by atoms with Gasteiger partial charge in [0.2, 0.25) is 5.91 Å². The van der Waals surface area contributed by atoms with Crippen molar-refractivity contribution in [3.63, 3.8) is 0 Å². The summed E-state index contributed by atoms with van der Waals surface area (Å²) < 4.78 is 0. The number of nitrogens with one attached hydrogen (secondary N) is 2. The number of benzene rings is 1. The first-order chi connectivity index (χ1) is 12.2. The summed E-state index contributed by atoms with van der Waals surface area (Å²) in [5.41, 5.74) is 8.95. The molecule has 5 heteroatoms. The minimum Gasteiger partial charge on any atom is -0.299 e. The Morgan fingerprint density at radius 2 is 2.04 bits per heavy atom. The number of allylic oxidation sites excluding steroid dienone is 1. The molecule has 4 nitrogen and oxygen atoms in total. The molecule has 2 aromatic rings. The summed E-state index contributed by atoms with van der Waals surface area (Å²) in [7, 11) is 0. The molecule has 1 fully saturated rings. The van der Waals surface area contributed by atoms with E-state index in [0.29, 0.717) is 5.02 Å². The van der Waals surface area contributed by atoms with E-state index in [1.807, 2.05) is 24.4 Å². The second kappa shape index (κ2) is 6.52. The molecule has 0 atom stereocenters. The van der Waals surface area contributed by atoms with Crippen LogP contribution in [0.2, 0.25) is 5.02 Å². The topological polar surface area (TPSA) is 54.0 Å². The summed E-state index contributed by atoms with van der Waals surface area (Å²) >= 11 is 5.95. The van der Waals surface area contributed by atoms with Gasteiger partial charge in [0.05, 0.1) is 11.4 Å². The molecule has 4 rings (SSSR count). The van der Waals surface area contributed by atoms with Gasteiger partial charge in [0.25, 0.3) is 0 Å². The van der Waals surface area contributed by atoms with Crippen LogP contribution in [0.4, 0.5) is 5.69 Å². The van der Waals surface area contributed by atoms with Crippen LogP contribution in [0, 0.1) is 5.92 Å². The van der Waals surface area contributed by atoms with Crippen LogP contribution in [0.3, 0.4) is 0 Å². The van der Waals surface area contributed by atoms with E-state index in [4.69, 9.17) is 11.6 Å². The van der Waals surface area contributed by atoms with E-state index < -0.39 is 0 Å². The van der Waals surface area contributed by atoms with Crippen LogP contribution < -0.4 is 10.9 Å². The van der Waals surface area contributed by atoms with Crippen molar-refractivity contribution >= 4 is 29.3 Å². The van der Waals surface area contributed by atoms with Crippen molar-refractivity contribution in [3.05, 3.63) is 65.0 Å². The summed E-state index contributed by atoms with van der Waals surface area (Å²) in [4.78, 5) is 17.1. The molecule has 0 bridgehead atoms. The molecule has 1 amide bonds. The highest BCUT2D eigenvalue weighted by molar-refractivity contribution is 6.30. The van der Waals surface area contributed by atoms with Gasteiger partial charge in [0.15, 0.2) is 0 Å².